The molecule has 6 nitrogen and oxygen atoms in total. The van der Waals surface area contributed by atoms with Gasteiger partial charge in [0, 0.05) is 6.54 Å². The molecule has 1 aromatic rings. The fourth-order valence-corrected chi connectivity index (χ4v) is 2.95. The molecule has 0 unspecified atom stereocenters. The summed E-state index contributed by atoms with van der Waals surface area (Å²) in [6.07, 6.45) is 0. The molecule has 0 aliphatic carbocycles. The van der Waals surface area contributed by atoms with Crippen LogP contribution in [-0.2, 0) is 20.0 Å². The van der Waals surface area contributed by atoms with Crippen molar-refractivity contribution in [2.45, 2.75) is 11.8 Å². The van der Waals surface area contributed by atoms with E-state index >= 15 is 0 Å². The molecular formula is C10H16N2O4S2. The third kappa shape index (κ3) is 4.37. The maximum absolute atomic E-state index is 11.8. The van der Waals surface area contributed by atoms with Crippen LogP contribution in [0.25, 0.3) is 0 Å². The van der Waals surface area contributed by atoms with Crippen LogP contribution in [0.2, 0.25) is 0 Å². The summed E-state index contributed by atoms with van der Waals surface area (Å²) in [5.74, 6) is -0.297. The first kappa shape index (κ1) is 15.1. The van der Waals surface area contributed by atoms with Crippen LogP contribution in [0.5, 0.6) is 0 Å². The number of hydrogen-bond donors (Lipinski definition) is 2. The van der Waals surface area contributed by atoms with Gasteiger partial charge in [0.1, 0.15) is 0 Å². The van der Waals surface area contributed by atoms with Gasteiger partial charge in [-0.3, -0.25) is 0 Å². The smallest absolute Gasteiger partial charge is 0.218 e. The molecule has 0 amide bonds. The number of rotatable bonds is 6. The molecule has 0 heterocycles. The quantitative estimate of drug-likeness (QED) is 0.761. The molecule has 0 bridgehead atoms. The Balaban J connectivity index is 2.69. The van der Waals surface area contributed by atoms with Crippen molar-refractivity contribution < 1.29 is 16.8 Å². The molecule has 0 aliphatic heterocycles. The van der Waals surface area contributed by atoms with Gasteiger partial charge in [0.05, 0.1) is 10.6 Å². The Hall–Kier alpha value is -0.960. The zero-order valence-corrected chi connectivity index (χ0v) is 11.8. The van der Waals surface area contributed by atoms with Crippen molar-refractivity contribution in [2.75, 3.05) is 19.3 Å². The minimum absolute atomic E-state index is 0.120. The summed E-state index contributed by atoms with van der Waals surface area (Å²) in [7, 11) is -5.78. The third-order valence-electron chi connectivity index (χ3n) is 2.31. The predicted molar refractivity (Wildman–Crippen MR) is 69.2 cm³/mol. The minimum atomic E-state index is -3.65. The lowest BCUT2D eigenvalue weighted by Gasteiger charge is -2.07. The molecule has 0 aromatic heterocycles. The van der Waals surface area contributed by atoms with Crippen molar-refractivity contribution >= 4 is 20.0 Å². The maximum Gasteiger partial charge on any atom is 0.240 e. The van der Waals surface area contributed by atoms with E-state index in [4.69, 9.17) is 0 Å². The summed E-state index contributed by atoms with van der Waals surface area (Å²) >= 11 is 0. The Labute approximate surface area is 108 Å². The molecule has 1 aromatic carbocycles. The highest BCUT2D eigenvalue weighted by atomic mass is 32.2. The molecule has 0 aliphatic rings. The first-order chi connectivity index (χ1) is 8.27. The van der Waals surface area contributed by atoms with Crippen molar-refractivity contribution in [3.05, 3.63) is 29.8 Å². The SMILES string of the molecule is CNS(=O)(=O)CCNS(=O)(=O)c1ccc(C)cc1. The third-order valence-corrected chi connectivity index (χ3v) is 5.15. The Morgan fingerprint density at radius 3 is 2.11 bits per heavy atom. The minimum Gasteiger partial charge on any atom is -0.218 e. The lowest BCUT2D eigenvalue weighted by atomic mass is 10.2. The van der Waals surface area contributed by atoms with Crippen LogP contribution in [0.4, 0.5) is 0 Å². The van der Waals surface area contributed by atoms with E-state index in [1.165, 1.54) is 19.2 Å². The normalized spacial score (nSPS) is 12.6. The molecule has 18 heavy (non-hydrogen) atoms. The van der Waals surface area contributed by atoms with Crippen molar-refractivity contribution in [2.24, 2.45) is 0 Å². The van der Waals surface area contributed by atoms with Gasteiger partial charge in [-0.1, -0.05) is 17.7 Å². The Bertz CT molecular complexity index is 591. The fraction of sp³-hybridized carbons (Fsp3) is 0.400. The molecule has 0 saturated carbocycles. The zero-order chi connectivity index (χ0) is 13.8. The van der Waals surface area contributed by atoms with Crippen molar-refractivity contribution in [3.8, 4) is 0 Å². The van der Waals surface area contributed by atoms with Gasteiger partial charge in [-0.05, 0) is 26.1 Å². The van der Waals surface area contributed by atoms with E-state index in [0.29, 0.717) is 0 Å². The molecule has 0 saturated heterocycles. The lowest BCUT2D eigenvalue weighted by molar-refractivity contribution is 0.578. The first-order valence-corrected chi connectivity index (χ1v) is 8.38. The van der Waals surface area contributed by atoms with Crippen LogP contribution in [0.3, 0.4) is 0 Å². The van der Waals surface area contributed by atoms with Crippen LogP contribution in [0, 0.1) is 6.92 Å². The highest BCUT2D eigenvalue weighted by Crippen LogP contribution is 2.09. The van der Waals surface area contributed by atoms with E-state index in [0.717, 1.165) is 5.56 Å². The Kier molecular flexibility index (Phi) is 4.85. The highest BCUT2D eigenvalue weighted by Gasteiger charge is 2.15. The van der Waals surface area contributed by atoms with Crippen LogP contribution in [0.1, 0.15) is 5.56 Å². The van der Waals surface area contributed by atoms with Gasteiger partial charge in [0.15, 0.2) is 0 Å². The van der Waals surface area contributed by atoms with Crippen molar-refractivity contribution in [1.82, 2.24) is 9.44 Å². The molecule has 8 heteroatoms. The van der Waals surface area contributed by atoms with Gasteiger partial charge in [0.2, 0.25) is 20.0 Å². The summed E-state index contributed by atoms with van der Waals surface area (Å²) in [6, 6.07) is 6.31. The second-order valence-electron chi connectivity index (χ2n) is 3.73. The Morgan fingerprint density at radius 1 is 1.06 bits per heavy atom. The van der Waals surface area contributed by atoms with E-state index < -0.39 is 20.0 Å². The Morgan fingerprint density at radius 2 is 1.61 bits per heavy atom. The number of benzene rings is 1. The van der Waals surface area contributed by atoms with Gasteiger partial charge < -0.3 is 0 Å². The van der Waals surface area contributed by atoms with E-state index in [1.54, 1.807) is 12.1 Å². The number of nitrogens with one attached hydrogen (secondary N) is 2. The molecular weight excluding hydrogens is 276 g/mol. The maximum atomic E-state index is 11.8. The van der Waals surface area contributed by atoms with Crippen LogP contribution in [-0.4, -0.2) is 36.2 Å². The molecule has 0 fully saturated rings. The number of sulfonamides is 2. The second-order valence-corrected chi connectivity index (χ2v) is 7.55. The van der Waals surface area contributed by atoms with Crippen LogP contribution < -0.4 is 9.44 Å². The second kappa shape index (κ2) is 5.79. The van der Waals surface area contributed by atoms with Crippen LogP contribution in [0.15, 0.2) is 29.2 Å². The predicted octanol–water partition coefficient (Wildman–Crippen LogP) is -0.177. The summed E-state index contributed by atoms with van der Waals surface area (Å²) in [6.45, 7) is 1.68. The first-order valence-electron chi connectivity index (χ1n) is 5.24. The van der Waals surface area contributed by atoms with Crippen molar-refractivity contribution in [3.63, 3.8) is 0 Å². The van der Waals surface area contributed by atoms with Gasteiger partial charge in [-0.2, -0.15) is 0 Å². The van der Waals surface area contributed by atoms with E-state index in [-0.39, 0.29) is 17.2 Å². The highest BCUT2D eigenvalue weighted by molar-refractivity contribution is 7.90. The molecule has 0 radical (unpaired) electrons. The number of aryl methyl sites for hydroxylation is 1. The van der Waals surface area contributed by atoms with Gasteiger partial charge in [-0.15, -0.1) is 0 Å². The van der Waals surface area contributed by atoms with Gasteiger partial charge in [0.25, 0.3) is 0 Å². The summed E-state index contributed by atoms with van der Waals surface area (Å²) in [5, 5.41) is 0. The lowest BCUT2D eigenvalue weighted by Crippen LogP contribution is -2.32. The average Bonchev–Trinajstić information content (AvgIpc) is 2.29. The molecule has 0 spiro atoms. The van der Waals surface area contributed by atoms with Gasteiger partial charge >= 0.3 is 0 Å². The summed E-state index contributed by atoms with van der Waals surface area (Å²) in [4.78, 5) is 0.120. The largest absolute Gasteiger partial charge is 0.240 e. The molecule has 1 rings (SSSR count). The van der Waals surface area contributed by atoms with Crippen LogP contribution >= 0.6 is 0 Å². The zero-order valence-electron chi connectivity index (χ0n) is 10.2. The van der Waals surface area contributed by atoms with E-state index in [2.05, 4.69) is 9.44 Å². The standard InChI is InChI=1S/C10H16N2O4S2/c1-9-3-5-10(6-4-9)18(15,16)12-7-8-17(13,14)11-2/h3-6,11-12H,7-8H2,1-2H3. The monoisotopic (exact) mass is 292 g/mol. The average molecular weight is 292 g/mol. The summed E-state index contributed by atoms with van der Waals surface area (Å²) in [5.41, 5.74) is 0.951. The molecule has 0 atom stereocenters. The van der Waals surface area contributed by atoms with E-state index in [1.807, 2.05) is 6.92 Å². The molecule has 2 N–H and O–H groups in total. The van der Waals surface area contributed by atoms with E-state index in [9.17, 15) is 16.8 Å². The van der Waals surface area contributed by atoms with Gasteiger partial charge in [-0.25, -0.2) is 26.3 Å². The van der Waals surface area contributed by atoms with Crippen molar-refractivity contribution in [1.29, 1.82) is 0 Å². The number of hydrogen-bond acceptors (Lipinski definition) is 4. The summed E-state index contributed by atoms with van der Waals surface area (Å²) < 4.78 is 50.2. The topological polar surface area (TPSA) is 92.3 Å². The molecule has 102 valence electrons. The fourth-order valence-electron chi connectivity index (χ4n) is 1.21.